The topological polar surface area (TPSA) is 96.0 Å². The number of carbonyl (C=O) groups is 4. The monoisotopic (exact) mass is 413 g/mol. The van der Waals surface area contributed by atoms with Crippen LogP contribution in [-0.2, 0) is 19.1 Å². The van der Waals surface area contributed by atoms with Gasteiger partial charge in [0.15, 0.2) is 6.61 Å². The normalized spacial score (nSPS) is 23.9. The third kappa shape index (κ3) is 3.14. The fourth-order valence-electron chi connectivity index (χ4n) is 4.22. The van der Waals surface area contributed by atoms with Crippen molar-refractivity contribution in [3.8, 4) is 0 Å². The standard InChI is InChI=1S/C22H27N3O5/c1-13(2)14(3)23-18(26)12-30-21(29)22-11-10-19(27)25(22)17-7-5-4-6-16(17)20(28)24(22)15-8-9-15/h4-7,13-15H,8-12H2,1-3H3,(H,23,26)/t14-,22-/m0/s1. The molecule has 2 heterocycles. The highest BCUT2D eigenvalue weighted by molar-refractivity contribution is 6.15. The Hall–Kier alpha value is -2.90. The van der Waals surface area contributed by atoms with Gasteiger partial charge in [0.25, 0.3) is 11.8 Å². The second-order valence-corrected chi connectivity index (χ2v) is 8.65. The number of esters is 1. The molecule has 0 radical (unpaired) electrons. The Morgan fingerprint density at radius 1 is 1.20 bits per heavy atom. The van der Waals surface area contributed by atoms with Gasteiger partial charge in [-0.2, -0.15) is 0 Å². The number of hydrogen-bond donors (Lipinski definition) is 1. The molecule has 30 heavy (non-hydrogen) atoms. The minimum Gasteiger partial charge on any atom is -0.452 e. The zero-order chi connectivity index (χ0) is 21.6. The van der Waals surface area contributed by atoms with Gasteiger partial charge in [-0.1, -0.05) is 26.0 Å². The van der Waals surface area contributed by atoms with Gasteiger partial charge in [-0.15, -0.1) is 0 Å². The molecule has 0 spiro atoms. The number of ether oxygens (including phenoxy) is 1. The first-order valence-corrected chi connectivity index (χ1v) is 10.5. The fraction of sp³-hybridized carbons (Fsp3) is 0.545. The molecule has 2 atom stereocenters. The average molecular weight is 413 g/mol. The summed E-state index contributed by atoms with van der Waals surface area (Å²) < 4.78 is 5.41. The van der Waals surface area contributed by atoms with Gasteiger partial charge < -0.3 is 15.0 Å². The molecule has 8 heteroatoms. The molecule has 2 aliphatic heterocycles. The van der Waals surface area contributed by atoms with Crippen LogP contribution in [0.2, 0.25) is 0 Å². The first-order chi connectivity index (χ1) is 14.3. The van der Waals surface area contributed by atoms with Crippen molar-refractivity contribution >= 4 is 29.4 Å². The Labute approximate surface area is 175 Å². The molecule has 1 saturated carbocycles. The largest absolute Gasteiger partial charge is 0.452 e. The second kappa shape index (κ2) is 7.41. The molecule has 3 aliphatic rings. The maximum atomic E-state index is 13.4. The van der Waals surface area contributed by atoms with E-state index in [9.17, 15) is 19.2 Å². The van der Waals surface area contributed by atoms with Gasteiger partial charge in [-0.05, 0) is 37.8 Å². The van der Waals surface area contributed by atoms with Crippen LogP contribution in [0.4, 0.5) is 5.69 Å². The van der Waals surface area contributed by atoms with E-state index < -0.39 is 24.1 Å². The van der Waals surface area contributed by atoms with Crippen molar-refractivity contribution in [1.29, 1.82) is 0 Å². The lowest BCUT2D eigenvalue weighted by molar-refractivity contribution is -0.160. The Kier molecular flexibility index (Phi) is 5.03. The Morgan fingerprint density at radius 2 is 1.90 bits per heavy atom. The SMILES string of the molecule is CC(C)[C@H](C)NC(=O)COC(=O)[C@]12CCC(=O)N1c1ccccc1C(=O)N2C1CC1. The molecule has 2 fully saturated rings. The van der Waals surface area contributed by atoms with Gasteiger partial charge in [-0.25, -0.2) is 4.79 Å². The predicted octanol–water partition coefficient (Wildman–Crippen LogP) is 1.83. The van der Waals surface area contributed by atoms with Crippen molar-refractivity contribution < 1.29 is 23.9 Å². The van der Waals surface area contributed by atoms with E-state index in [4.69, 9.17) is 4.74 Å². The molecule has 0 aromatic heterocycles. The molecule has 0 unspecified atom stereocenters. The molecule has 8 nitrogen and oxygen atoms in total. The number of para-hydroxylation sites is 1. The van der Waals surface area contributed by atoms with E-state index in [0.29, 0.717) is 11.3 Å². The lowest BCUT2D eigenvalue weighted by Gasteiger charge is -2.48. The van der Waals surface area contributed by atoms with Crippen LogP contribution < -0.4 is 10.2 Å². The third-order valence-electron chi connectivity index (χ3n) is 6.26. The molecule has 1 aliphatic carbocycles. The van der Waals surface area contributed by atoms with E-state index in [1.54, 1.807) is 24.3 Å². The minimum atomic E-state index is -1.52. The highest BCUT2D eigenvalue weighted by atomic mass is 16.5. The quantitative estimate of drug-likeness (QED) is 0.718. The second-order valence-electron chi connectivity index (χ2n) is 8.65. The molecule has 4 rings (SSSR count). The van der Waals surface area contributed by atoms with Gasteiger partial charge in [0.1, 0.15) is 0 Å². The predicted molar refractivity (Wildman–Crippen MR) is 108 cm³/mol. The number of anilines is 1. The number of amides is 3. The zero-order valence-electron chi connectivity index (χ0n) is 17.5. The Morgan fingerprint density at radius 3 is 2.57 bits per heavy atom. The van der Waals surface area contributed by atoms with Gasteiger partial charge in [-0.3, -0.25) is 19.3 Å². The molecule has 1 N–H and O–H groups in total. The van der Waals surface area contributed by atoms with Crippen molar-refractivity contribution in [3.63, 3.8) is 0 Å². The van der Waals surface area contributed by atoms with E-state index in [0.717, 1.165) is 12.8 Å². The Bertz CT molecular complexity index is 910. The molecule has 160 valence electrons. The maximum Gasteiger partial charge on any atom is 0.354 e. The number of carbonyl (C=O) groups excluding carboxylic acids is 4. The first kappa shape index (κ1) is 20.4. The molecular weight excluding hydrogens is 386 g/mol. The molecule has 0 bridgehead atoms. The van der Waals surface area contributed by atoms with Crippen LogP contribution in [0.5, 0.6) is 0 Å². The first-order valence-electron chi connectivity index (χ1n) is 10.5. The molecular formula is C22H27N3O5. The lowest BCUT2D eigenvalue weighted by Crippen LogP contribution is -2.69. The summed E-state index contributed by atoms with van der Waals surface area (Å²) in [4.78, 5) is 54.7. The molecule has 3 amide bonds. The lowest BCUT2D eigenvalue weighted by atomic mass is 9.96. The van der Waals surface area contributed by atoms with Crippen molar-refractivity contribution in [2.45, 2.75) is 64.2 Å². The fourth-order valence-corrected chi connectivity index (χ4v) is 4.22. The van der Waals surface area contributed by atoms with E-state index in [1.807, 2.05) is 20.8 Å². The molecule has 1 saturated heterocycles. The number of nitrogens with one attached hydrogen (secondary N) is 1. The summed E-state index contributed by atoms with van der Waals surface area (Å²) in [6.07, 6.45) is 1.84. The van der Waals surface area contributed by atoms with Crippen LogP contribution >= 0.6 is 0 Å². The van der Waals surface area contributed by atoms with Crippen molar-refractivity contribution in [2.24, 2.45) is 5.92 Å². The minimum absolute atomic E-state index is 0.0648. The van der Waals surface area contributed by atoms with Gasteiger partial charge in [0.2, 0.25) is 11.6 Å². The van der Waals surface area contributed by atoms with Crippen molar-refractivity contribution in [2.75, 3.05) is 11.5 Å². The maximum absolute atomic E-state index is 13.4. The van der Waals surface area contributed by atoms with Crippen LogP contribution in [0.25, 0.3) is 0 Å². The summed E-state index contributed by atoms with van der Waals surface area (Å²) in [5, 5.41) is 2.80. The highest BCUT2D eigenvalue weighted by Crippen LogP contribution is 2.49. The number of hydrogen-bond acceptors (Lipinski definition) is 5. The van der Waals surface area contributed by atoms with Crippen LogP contribution in [-0.4, -0.2) is 52.9 Å². The van der Waals surface area contributed by atoms with Gasteiger partial charge >= 0.3 is 5.97 Å². The van der Waals surface area contributed by atoms with Crippen LogP contribution in [0.3, 0.4) is 0 Å². The van der Waals surface area contributed by atoms with Gasteiger partial charge in [0.05, 0.1) is 11.3 Å². The molecule has 1 aromatic carbocycles. The van der Waals surface area contributed by atoms with E-state index in [1.165, 1.54) is 9.80 Å². The number of rotatable bonds is 6. The number of fused-ring (bicyclic) bond motifs is 3. The summed E-state index contributed by atoms with van der Waals surface area (Å²) in [7, 11) is 0. The van der Waals surface area contributed by atoms with E-state index in [2.05, 4.69) is 5.32 Å². The summed E-state index contributed by atoms with van der Waals surface area (Å²) in [5.74, 6) is -1.39. The van der Waals surface area contributed by atoms with Gasteiger partial charge in [0, 0.05) is 24.9 Å². The number of nitrogens with zero attached hydrogens (tertiary/aromatic N) is 2. The number of benzene rings is 1. The van der Waals surface area contributed by atoms with E-state index in [-0.39, 0.29) is 42.7 Å². The summed E-state index contributed by atoms with van der Waals surface area (Å²) >= 11 is 0. The van der Waals surface area contributed by atoms with Crippen molar-refractivity contribution in [3.05, 3.63) is 29.8 Å². The van der Waals surface area contributed by atoms with Crippen LogP contribution in [0.15, 0.2) is 24.3 Å². The highest BCUT2D eigenvalue weighted by Gasteiger charge is 2.64. The molecule has 1 aromatic rings. The van der Waals surface area contributed by atoms with E-state index >= 15 is 0 Å². The summed E-state index contributed by atoms with van der Waals surface area (Å²) in [5.41, 5.74) is -0.684. The third-order valence-corrected chi connectivity index (χ3v) is 6.26. The average Bonchev–Trinajstić information content (AvgIpc) is 3.48. The zero-order valence-corrected chi connectivity index (χ0v) is 17.5. The van der Waals surface area contributed by atoms with Crippen LogP contribution in [0.1, 0.15) is 56.8 Å². The smallest absolute Gasteiger partial charge is 0.354 e. The summed E-state index contributed by atoms with van der Waals surface area (Å²) in [6.45, 7) is 5.40. The Balaban J connectivity index is 1.64. The summed E-state index contributed by atoms with van der Waals surface area (Å²) in [6, 6.07) is 6.66. The van der Waals surface area contributed by atoms with Crippen molar-refractivity contribution in [1.82, 2.24) is 10.2 Å². The van der Waals surface area contributed by atoms with Crippen LogP contribution in [0, 0.1) is 5.92 Å².